The maximum Gasteiger partial charge on any atom is 0.254 e. The van der Waals surface area contributed by atoms with E-state index in [1.54, 1.807) is 6.07 Å². The molecule has 0 aromatic carbocycles. The zero-order chi connectivity index (χ0) is 8.97. The van der Waals surface area contributed by atoms with Gasteiger partial charge in [0.1, 0.15) is 6.26 Å². The monoisotopic (exact) mass is 184 g/mol. The fourth-order valence-electron chi connectivity index (χ4n) is 0.663. The lowest BCUT2D eigenvalue weighted by Crippen LogP contribution is -2.31. The van der Waals surface area contributed by atoms with E-state index in [9.17, 15) is 4.79 Å². The second-order valence-electron chi connectivity index (χ2n) is 2.16. The van der Waals surface area contributed by atoms with Gasteiger partial charge in [0.05, 0.1) is 23.4 Å². The van der Waals surface area contributed by atoms with Gasteiger partial charge in [-0.1, -0.05) is 12.2 Å². The molecule has 12 heavy (non-hydrogen) atoms. The second-order valence-corrected chi connectivity index (χ2v) is 2.69. The lowest BCUT2D eigenvalue weighted by Gasteiger charge is -1.99. The van der Waals surface area contributed by atoms with E-state index in [0.717, 1.165) is 0 Å². The number of nitrogens with two attached hydrogens (primary N) is 1. The van der Waals surface area contributed by atoms with Gasteiger partial charge in [-0.2, -0.15) is 0 Å². The molecule has 0 spiro atoms. The molecule has 0 fully saturated rings. The van der Waals surface area contributed by atoms with Crippen LogP contribution < -0.4 is 11.1 Å². The summed E-state index contributed by atoms with van der Waals surface area (Å²) < 4.78 is 4.72. The van der Waals surface area contributed by atoms with Crippen molar-refractivity contribution < 1.29 is 9.21 Å². The maximum atomic E-state index is 11.1. The van der Waals surface area contributed by atoms with Gasteiger partial charge in [-0.25, -0.2) is 0 Å². The standard InChI is InChI=1S/C7H8N2O2S/c8-6(12)3-9-7(10)5-1-2-11-4-5/h1-2,4H,3H2,(H2,8,12)(H,9,10). The summed E-state index contributed by atoms with van der Waals surface area (Å²) in [6, 6.07) is 1.56. The fraction of sp³-hybridized carbons (Fsp3) is 0.143. The first-order valence-corrected chi connectivity index (χ1v) is 3.69. The van der Waals surface area contributed by atoms with Crippen LogP contribution >= 0.6 is 12.2 Å². The molecule has 1 heterocycles. The van der Waals surface area contributed by atoms with Crippen molar-refractivity contribution in [2.24, 2.45) is 5.73 Å². The van der Waals surface area contributed by atoms with Crippen molar-refractivity contribution in [3.8, 4) is 0 Å². The predicted molar refractivity (Wildman–Crippen MR) is 47.8 cm³/mol. The van der Waals surface area contributed by atoms with Crippen molar-refractivity contribution in [1.82, 2.24) is 5.32 Å². The minimum Gasteiger partial charge on any atom is -0.472 e. The van der Waals surface area contributed by atoms with E-state index in [1.807, 2.05) is 0 Å². The molecule has 1 aromatic rings. The average molecular weight is 184 g/mol. The number of furan rings is 1. The maximum absolute atomic E-state index is 11.1. The third-order valence-corrected chi connectivity index (χ3v) is 1.35. The quantitative estimate of drug-likeness (QED) is 0.663. The molecule has 0 unspecified atom stereocenters. The normalized spacial score (nSPS) is 9.33. The van der Waals surface area contributed by atoms with Crippen LogP contribution in [0.3, 0.4) is 0 Å². The van der Waals surface area contributed by atoms with Crippen LogP contribution in [0, 0.1) is 0 Å². The van der Waals surface area contributed by atoms with Gasteiger partial charge in [0.2, 0.25) is 0 Å². The van der Waals surface area contributed by atoms with E-state index >= 15 is 0 Å². The summed E-state index contributed by atoms with van der Waals surface area (Å²) in [5, 5.41) is 2.52. The Morgan fingerprint density at radius 1 is 1.75 bits per heavy atom. The Morgan fingerprint density at radius 3 is 3.00 bits per heavy atom. The Hall–Kier alpha value is -1.36. The predicted octanol–water partition coefficient (Wildman–Crippen LogP) is 0.296. The van der Waals surface area contributed by atoms with Crippen molar-refractivity contribution in [2.45, 2.75) is 0 Å². The average Bonchev–Trinajstić information content (AvgIpc) is 2.51. The molecule has 1 aromatic heterocycles. The number of rotatable bonds is 3. The van der Waals surface area contributed by atoms with Crippen molar-refractivity contribution in [3.05, 3.63) is 24.2 Å². The number of carbonyl (C=O) groups excluding carboxylic acids is 1. The van der Waals surface area contributed by atoms with Crippen molar-refractivity contribution in [2.75, 3.05) is 6.54 Å². The Bertz CT molecular complexity index is 282. The van der Waals surface area contributed by atoms with E-state index in [-0.39, 0.29) is 17.4 Å². The number of hydrogen-bond acceptors (Lipinski definition) is 3. The van der Waals surface area contributed by atoms with Crippen LogP contribution in [0.4, 0.5) is 0 Å². The topological polar surface area (TPSA) is 68.3 Å². The first kappa shape index (κ1) is 8.73. The minimum atomic E-state index is -0.239. The third-order valence-electron chi connectivity index (χ3n) is 1.21. The molecule has 4 nitrogen and oxygen atoms in total. The number of amides is 1. The molecule has 0 atom stereocenters. The Balaban J connectivity index is 2.45. The van der Waals surface area contributed by atoms with Gasteiger partial charge in [0.25, 0.3) is 5.91 Å². The Labute approximate surface area is 74.7 Å². The van der Waals surface area contributed by atoms with Crippen LogP contribution in [0.15, 0.2) is 23.0 Å². The van der Waals surface area contributed by atoms with E-state index in [1.165, 1.54) is 12.5 Å². The molecule has 0 saturated heterocycles. The van der Waals surface area contributed by atoms with E-state index < -0.39 is 0 Å². The molecule has 1 amide bonds. The molecule has 5 heteroatoms. The third kappa shape index (κ3) is 2.35. The molecule has 0 aliphatic heterocycles. The van der Waals surface area contributed by atoms with Gasteiger partial charge < -0.3 is 15.5 Å². The SMILES string of the molecule is NC(=S)CNC(=O)c1ccoc1. The van der Waals surface area contributed by atoms with E-state index in [0.29, 0.717) is 5.56 Å². The van der Waals surface area contributed by atoms with Gasteiger partial charge in [-0.05, 0) is 6.07 Å². The zero-order valence-electron chi connectivity index (χ0n) is 6.24. The van der Waals surface area contributed by atoms with Crippen LogP contribution in [0.2, 0.25) is 0 Å². The van der Waals surface area contributed by atoms with Crippen LogP contribution in [-0.4, -0.2) is 17.4 Å². The number of nitrogens with one attached hydrogen (secondary N) is 1. The van der Waals surface area contributed by atoms with E-state index in [2.05, 4.69) is 17.5 Å². The van der Waals surface area contributed by atoms with Gasteiger partial charge in [-0.3, -0.25) is 4.79 Å². The highest BCUT2D eigenvalue weighted by Gasteiger charge is 2.05. The summed E-state index contributed by atoms with van der Waals surface area (Å²) >= 11 is 4.58. The van der Waals surface area contributed by atoms with Gasteiger partial charge >= 0.3 is 0 Å². The van der Waals surface area contributed by atoms with Crippen LogP contribution in [0.1, 0.15) is 10.4 Å². The summed E-state index contributed by atoms with van der Waals surface area (Å²) in [5.74, 6) is -0.239. The van der Waals surface area contributed by atoms with Crippen LogP contribution in [0.5, 0.6) is 0 Å². The van der Waals surface area contributed by atoms with E-state index in [4.69, 9.17) is 10.2 Å². The smallest absolute Gasteiger partial charge is 0.254 e. The molecular formula is C7H8N2O2S. The van der Waals surface area contributed by atoms with Crippen LogP contribution in [0.25, 0.3) is 0 Å². The molecule has 0 aliphatic rings. The zero-order valence-corrected chi connectivity index (χ0v) is 7.06. The summed E-state index contributed by atoms with van der Waals surface area (Å²) in [6.45, 7) is 0.208. The first-order valence-electron chi connectivity index (χ1n) is 3.29. The highest BCUT2D eigenvalue weighted by molar-refractivity contribution is 7.80. The lowest BCUT2D eigenvalue weighted by molar-refractivity contribution is 0.0959. The number of carbonyl (C=O) groups is 1. The molecule has 1 rings (SSSR count). The molecule has 3 N–H and O–H groups in total. The summed E-state index contributed by atoms with van der Waals surface area (Å²) in [6.07, 6.45) is 2.78. The van der Waals surface area contributed by atoms with Gasteiger partial charge in [0.15, 0.2) is 0 Å². The van der Waals surface area contributed by atoms with Crippen molar-refractivity contribution in [3.63, 3.8) is 0 Å². The van der Waals surface area contributed by atoms with Crippen molar-refractivity contribution in [1.29, 1.82) is 0 Å². The summed E-state index contributed by atoms with van der Waals surface area (Å²) in [5.41, 5.74) is 5.65. The Morgan fingerprint density at radius 2 is 2.50 bits per heavy atom. The lowest BCUT2D eigenvalue weighted by atomic mass is 10.3. The van der Waals surface area contributed by atoms with Gasteiger partial charge in [0, 0.05) is 0 Å². The summed E-state index contributed by atoms with van der Waals surface area (Å²) in [4.78, 5) is 11.4. The second kappa shape index (κ2) is 3.87. The van der Waals surface area contributed by atoms with Crippen LogP contribution in [-0.2, 0) is 0 Å². The highest BCUT2D eigenvalue weighted by atomic mass is 32.1. The summed E-state index contributed by atoms with van der Waals surface area (Å²) in [7, 11) is 0. The Kier molecular flexibility index (Phi) is 2.82. The largest absolute Gasteiger partial charge is 0.472 e. The molecular weight excluding hydrogens is 176 g/mol. The molecule has 64 valence electrons. The molecule has 0 radical (unpaired) electrons. The minimum absolute atomic E-state index is 0.208. The number of hydrogen-bond donors (Lipinski definition) is 2. The van der Waals surface area contributed by atoms with Gasteiger partial charge in [-0.15, -0.1) is 0 Å². The van der Waals surface area contributed by atoms with Crippen molar-refractivity contribution >= 4 is 23.1 Å². The fourth-order valence-corrected chi connectivity index (χ4v) is 0.735. The highest BCUT2D eigenvalue weighted by Crippen LogP contribution is 1.98. The first-order chi connectivity index (χ1) is 5.70. The molecule has 0 saturated carbocycles. The number of thiocarbonyl (C=S) groups is 1. The molecule has 0 aliphatic carbocycles. The molecule has 0 bridgehead atoms.